The van der Waals surface area contributed by atoms with Gasteiger partial charge >= 0.3 is 5.97 Å². The molecule has 7 heteroatoms. The van der Waals surface area contributed by atoms with Crippen molar-refractivity contribution >= 4 is 21.7 Å². The summed E-state index contributed by atoms with van der Waals surface area (Å²) in [6, 6.07) is 4.39. The highest BCUT2D eigenvalue weighted by Gasteiger charge is 2.35. The smallest absolute Gasteiger partial charge is 0.308 e. The van der Waals surface area contributed by atoms with Crippen molar-refractivity contribution in [2.45, 2.75) is 37.1 Å². The topological polar surface area (TPSA) is 86.7 Å². The minimum Gasteiger partial charge on any atom is -0.481 e. The van der Waals surface area contributed by atoms with E-state index in [1.165, 1.54) is 0 Å². The number of carboxylic acids is 1. The summed E-state index contributed by atoms with van der Waals surface area (Å²) < 4.78 is 27.6. The van der Waals surface area contributed by atoms with Crippen molar-refractivity contribution in [2.24, 2.45) is 5.92 Å². The minimum absolute atomic E-state index is 0.165. The molecule has 0 bridgehead atoms. The highest BCUT2D eigenvalue weighted by Crippen LogP contribution is 2.28. The molecule has 1 aliphatic rings. The molecule has 0 spiro atoms. The Labute approximate surface area is 131 Å². The number of nitrogens with one attached hydrogen (secondary N) is 1. The number of anilines is 1. The number of aryl methyl sites for hydroxylation is 1. The number of hydrogen-bond donors (Lipinski definition) is 2. The van der Waals surface area contributed by atoms with Crippen LogP contribution in [0.25, 0.3) is 0 Å². The number of carbonyl (C=O) groups is 1. The van der Waals surface area contributed by atoms with Crippen LogP contribution in [0.3, 0.4) is 0 Å². The Bertz CT molecular complexity index is 670. The van der Waals surface area contributed by atoms with Gasteiger partial charge in [0, 0.05) is 25.8 Å². The zero-order valence-electron chi connectivity index (χ0n) is 13.0. The number of rotatable bonds is 5. The van der Waals surface area contributed by atoms with Gasteiger partial charge in [0.05, 0.1) is 10.8 Å². The Hall–Kier alpha value is -1.60. The van der Waals surface area contributed by atoms with E-state index in [0.717, 1.165) is 17.7 Å². The maximum Gasteiger partial charge on any atom is 0.308 e. The van der Waals surface area contributed by atoms with Crippen molar-refractivity contribution in [1.82, 2.24) is 4.72 Å². The predicted molar refractivity (Wildman–Crippen MR) is 84.6 cm³/mol. The summed E-state index contributed by atoms with van der Waals surface area (Å²) >= 11 is 0. The maximum atomic E-state index is 12.5. The van der Waals surface area contributed by atoms with Crippen molar-refractivity contribution in [3.05, 3.63) is 23.8 Å². The molecule has 1 aromatic rings. The van der Waals surface area contributed by atoms with Crippen LogP contribution in [0, 0.1) is 12.8 Å². The van der Waals surface area contributed by atoms with Crippen LogP contribution in [0.5, 0.6) is 0 Å². The fourth-order valence-electron chi connectivity index (χ4n) is 2.90. The van der Waals surface area contributed by atoms with E-state index in [-0.39, 0.29) is 4.90 Å². The normalized spacial score (nSPS) is 21.8. The average molecular weight is 326 g/mol. The van der Waals surface area contributed by atoms with E-state index in [9.17, 15) is 13.2 Å². The second-order valence-electron chi connectivity index (χ2n) is 5.95. The second kappa shape index (κ2) is 6.26. The molecule has 0 aliphatic heterocycles. The first-order valence-corrected chi connectivity index (χ1v) is 8.74. The van der Waals surface area contributed by atoms with Gasteiger partial charge in [-0.2, -0.15) is 0 Å². The molecule has 1 aromatic carbocycles. The number of aliphatic carboxylic acids is 1. The fourth-order valence-corrected chi connectivity index (χ4v) is 4.23. The van der Waals surface area contributed by atoms with Crippen LogP contribution in [0.4, 0.5) is 5.69 Å². The molecule has 122 valence electrons. The summed E-state index contributed by atoms with van der Waals surface area (Å²) in [4.78, 5) is 13.2. The van der Waals surface area contributed by atoms with Crippen molar-refractivity contribution < 1.29 is 18.3 Å². The molecule has 1 aliphatic carbocycles. The number of benzene rings is 1. The lowest BCUT2D eigenvalue weighted by molar-refractivity contribution is -0.141. The first kappa shape index (κ1) is 16.8. The quantitative estimate of drug-likeness (QED) is 0.858. The third-order valence-electron chi connectivity index (χ3n) is 4.11. The number of carboxylic acid groups (broad SMARTS) is 1. The van der Waals surface area contributed by atoms with Crippen LogP contribution >= 0.6 is 0 Å². The van der Waals surface area contributed by atoms with Crippen LogP contribution in [0.15, 0.2) is 23.1 Å². The molecular formula is C15H22N2O4S. The molecule has 0 radical (unpaired) electrons. The van der Waals surface area contributed by atoms with Gasteiger partial charge < -0.3 is 10.0 Å². The first-order valence-electron chi connectivity index (χ1n) is 7.25. The van der Waals surface area contributed by atoms with Crippen molar-refractivity contribution in [1.29, 1.82) is 0 Å². The van der Waals surface area contributed by atoms with Gasteiger partial charge in [-0.05, 0) is 37.5 Å². The zero-order chi connectivity index (χ0) is 16.5. The van der Waals surface area contributed by atoms with Gasteiger partial charge in [0.2, 0.25) is 10.0 Å². The molecule has 2 atom stereocenters. The lowest BCUT2D eigenvalue weighted by Crippen LogP contribution is -2.40. The Morgan fingerprint density at radius 2 is 2.00 bits per heavy atom. The fraction of sp³-hybridized carbons (Fsp3) is 0.533. The number of sulfonamides is 1. The SMILES string of the molecule is Cc1ccc(S(=O)(=O)N[C@@H]2CCC[C@H]2C(=O)O)cc1N(C)C. The van der Waals surface area contributed by atoms with Gasteiger partial charge in [-0.15, -0.1) is 0 Å². The highest BCUT2D eigenvalue weighted by molar-refractivity contribution is 7.89. The van der Waals surface area contributed by atoms with Gasteiger partial charge in [0.15, 0.2) is 0 Å². The summed E-state index contributed by atoms with van der Waals surface area (Å²) in [7, 11) is -0.0213. The van der Waals surface area contributed by atoms with E-state index in [2.05, 4.69) is 4.72 Å². The molecule has 1 saturated carbocycles. The second-order valence-corrected chi connectivity index (χ2v) is 7.66. The molecule has 22 heavy (non-hydrogen) atoms. The predicted octanol–water partition coefficient (Wildman–Crippen LogP) is 1.59. The monoisotopic (exact) mass is 326 g/mol. The van der Waals surface area contributed by atoms with Gasteiger partial charge in [-0.25, -0.2) is 13.1 Å². The number of hydrogen-bond acceptors (Lipinski definition) is 4. The molecular weight excluding hydrogens is 304 g/mol. The van der Waals surface area contributed by atoms with Crippen LogP contribution in [0.2, 0.25) is 0 Å². The third kappa shape index (κ3) is 3.41. The summed E-state index contributed by atoms with van der Waals surface area (Å²) in [5, 5.41) is 9.16. The third-order valence-corrected chi connectivity index (χ3v) is 5.60. The van der Waals surface area contributed by atoms with Gasteiger partial charge in [0.25, 0.3) is 0 Å². The van der Waals surface area contributed by atoms with Gasteiger partial charge in [-0.3, -0.25) is 4.79 Å². The summed E-state index contributed by atoms with van der Waals surface area (Å²) in [5.41, 5.74) is 1.80. The van der Waals surface area contributed by atoms with Crippen LogP contribution < -0.4 is 9.62 Å². The van der Waals surface area contributed by atoms with E-state index >= 15 is 0 Å². The van der Waals surface area contributed by atoms with Crippen molar-refractivity contribution in [3.8, 4) is 0 Å². The molecule has 2 rings (SSSR count). The van der Waals surface area contributed by atoms with E-state index in [4.69, 9.17) is 5.11 Å². The Balaban J connectivity index is 2.27. The lowest BCUT2D eigenvalue weighted by Gasteiger charge is -2.20. The van der Waals surface area contributed by atoms with E-state index < -0.39 is 28.0 Å². The summed E-state index contributed by atoms with van der Waals surface area (Å²) in [5.74, 6) is -1.59. The van der Waals surface area contributed by atoms with Crippen LogP contribution in [0.1, 0.15) is 24.8 Å². The zero-order valence-corrected chi connectivity index (χ0v) is 13.9. The largest absolute Gasteiger partial charge is 0.481 e. The highest BCUT2D eigenvalue weighted by atomic mass is 32.2. The van der Waals surface area contributed by atoms with Gasteiger partial charge in [0.1, 0.15) is 0 Å². The molecule has 0 unspecified atom stereocenters. The molecule has 0 saturated heterocycles. The lowest BCUT2D eigenvalue weighted by atomic mass is 10.1. The van der Waals surface area contributed by atoms with Crippen molar-refractivity contribution in [2.75, 3.05) is 19.0 Å². The maximum absolute atomic E-state index is 12.5. The van der Waals surface area contributed by atoms with E-state index in [1.807, 2.05) is 25.9 Å². The summed E-state index contributed by atoms with van der Waals surface area (Å²) in [6.45, 7) is 1.91. The summed E-state index contributed by atoms with van der Waals surface area (Å²) in [6.07, 6.45) is 1.79. The minimum atomic E-state index is -3.72. The Kier molecular flexibility index (Phi) is 4.77. The van der Waals surface area contributed by atoms with E-state index in [0.29, 0.717) is 12.8 Å². The van der Waals surface area contributed by atoms with Gasteiger partial charge in [-0.1, -0.05) is 12.5 Å². The molecule has 1 fully saturated rings. The Morgan fingerprint density at radius 3 is 2.59 bits per heavy atom. The molecule has 0 aromatic heterocycles. The Morgan fingerprint density at radius 1 is 1.32 bits per heavy atom. The average Bonchev–Trinajstić information content (AvgIpc) is 2.86. The molecule has 0 amide bonds. The van der Waals surface area contributed by atoms with E-state index in [1.54, 1.807) is 18.2 Å². The molecule has 0 heterocycles. The molecule has 2 N–H and O–H groups in total. The standard InChI is InChI=1S/C15H22N2O4S/c1-10-7-8-11(9-14(10)17(2)3)22(20,21)16-13-6-4-5-12(13)15(18)19/h7-9,12-13,16H,4-6H2,1-3H3,(H,18,19)/t12-,13-/m1/s1. The van der Waals surface area contributed by atoms with Crippen LogP contribution in [-0.4, -0.2) is 39.6 Å². The molecule has 6 nitrogen and oxygen atoms in total. The number of nitrogens with zero attached hydrogens (tertiary/aromatic N) is 1. The van der Waals surface area contributed by atoms with Crippen molar-refractivity contribution in [3.63, 3.8) is 0 Å². The van der Waals surface area contributed by atoms with Crippen LogP contribution in [-0.2, 0) is 14.8 Å². The first-order chi connectivity index (χ1) is 10.2.